The summed E-state index contributed by atoms with van der Waals surface area (Å²) in [5, 5.41) is 10.1. The van der Waals surface area contributed by atoms with Crippen LogP contribution in [-0.4, -0.2) is 31.2 Å². The van der Waals surface area contributed by atoms with E-state index < -0.39 is 10.0 Å². The number of aryl methyl sites for hydroxylation is 1. The van der Waals surface area contributed by atoms with Gasteiger partial charge in [0.15, 0.2) is 5.75 Å². The summed E-state index contributed by atoms with van der Waals surface area (Å²) in [6, 6.07) is 13.7. The lowest BCUT2D eigenvalue weighted by atomic mass is 9.78. The van der Waals surface area contributed by atoms with Crippen molar-refractivity contribution >= 4 is 27.6 Å². The SMILES string of the molecule is CC.CCCOc1c(Cl)cc(C2CCCc3cc(OCc4ccnc(NS(C)(=O)=O)n4)ccc32)cc1C#N. The van der Waals surface area contributed by atoms with Crippen molar-refractivity contribution in [3.05, 3.63) is 75.6 Å². The second kappa shape index (κ2) is 13.4. The van der Waals surface area contributed by atoms with Crippen molar-refractivity contribution in [3.63, 3.8) is 0 Å². The first kappa shape index (κ1) is 29.2. The van der Waals surface area contributed by atoms with E-state index in [2.05, 4.69) is 26.8 Å². The zero-order valence-electron chi connectivity index (χ0n) is 22.1. The van der Waals surface area contributed by atoms with E-state index in [1.54, 1.807) is 6.07 Å². The van der Waals surface area contributed by atoms with Gasteiger partial charge in [0, 0.05) is 12.1 Å². The highest BCUT2D eigenvalue weighted by atomic mass is 35.5. The lowest BCUT2D eigenvalue weighted by molar-refractivity contribution is 0.300. The average Bonchev–Trinajstić information content (AvgIpc) is 2.90. The molecular formula is C28H33ClN4O4S. The highest BCUT2D eigenvalue weighted by Crippen LogP contribution is 2.41. The number of hydrogen-bond acceptors (Lipinski definition) is 7. The fourth-order valence-corrected chi connectivity index (χ4v) is 5.04. The predicted molar refractivity (Wildman–Crippen MR) is 149 cm³/mol. The average molecular weight is 557 g/mol. The number of sulfonamides is 1. The third-order valence-corrected chi connectivity index (χ3v) is 6.68. The number of hydrogen-bond donors (Lipinski definition) is 1. The number of rotatable bonds is 9. The van der Waals surface area contributed by atoms with Gasteiger partial charge < -0.3 is 9.47 Å². The summed E-state index contributed by atoms with van der Waals surface area (Å²) in [6.45, 7) is 6.68. The first-order valence-corrected chi connectivity index (χ1v) is 15.0. The molecule has 0 bridgehead atoms. The monoisotopic (exact) mass is 556 g/mol. The van der Waals surface area contributed by atoms with Gasteiger partial charge in [0.1, 0.15) is 18.4 Å². The van der Waals surface area contributed by atoms with Gasteiger partial charge in [0.05, 0.1) is 29.1 Å². The van der Waals surface area contributed by atoms with Crippen LogP contribution >= 0.6 is 11.6 Å². The Kier molecular flexibility index (Phi) is 10.3. The molecule has 2 aromatic carbocycles. The van der Waals surface area contributed by atoms with Crippen LogP contribution in [0.25, 0.3) is 0 Å². The van der Waals surface area contributed by atoms with Crippen LogP contribution in [0.5, 0.6) is 11.5 Å². The number of nitriles is 1. The molecule has 38 heavy (non-hydrogen) atoms. The minimum atomic E-state index is -3.46. The van der Waals surface area contributed by atoms with Gasteiger partial charge in [-0.1, -0.05) is 38.4 Å². The van der Waals surface area contributed by atoms with Crippen LogP contribution in [0.3, 0.4) is 0 Å². The molecular weight excluding hydrogens is 524 g/mol. The minimum Gasteiger partial charge on any atom is -0.491 e. The van der Waals surface area contributed by atoms with Crippen LogP contribution in [0.4, 0.5) is 5.95 Å². The zero-order valence-corrected chi connectivity index (χ0v) is 23.7. The minimum absolute atomic E-state index is 0.00777. The number of fused-ring (bicyclic) bond motifs is 1. The quantitative estimate of drug-likeness (QED) is 0.332. The summed E-state index contributed by atoms with van der Waals surface area (Å²) >= 11 is 6.52. The third kappa shape index (κ3) is 7.59. The van der Waals surface area contributed by atoms with Crippen molar-refractivity contribution in [1.29, 1.82) is 5.26 Å². The van der Waals surface area contributed by atoms with Crippen molar-refractivity contribution < 1.29 is 17.9 Å². The molecule has 1 aliphatic rings. The maximum atomic E-state index is 11.4. The van der Waals surface area contributed by atoms with Crippen LogP contribution in [0.15, 0.2) is 42.6 Å². The van der Waals surface area contributed by atoms with E-state index in [1.807, 2.05) is 45.0 Å². The molecule has 10 heteroatoms. The van der Waals surface area contributed by atoms with E-state index in [0.29, 0.717) is 34.4 Å². The van der Waals surface area contributed by atoms with E-state index in [-0.39, 0.29) is 18.5 Å². The van der Waals surface area contributed by atoms with E-state index in [0.717, 1.165) is 37.5 Å². The molecule has 8 nitrogen and oxygen atoms in total. The van der Waals surface area contributed by atoms with Gasteiger partial charge in [0.2, 0.25) is 16.0 Å². The van der Waals surface area contributed by atoms with E-state index >= 15 is 0 Å². The van der Waals surface area contributed by atoms with E-state index in [1.165, 1.54) is 17.3 Å². The van der Waals surface area contributed by atoms with E-state index in [9.17, 15) is 13.7 Å². The number of benzene rings is 2. The Labute approximate surface area is 230 Å². The van der Waals surface area contributed by atoms with E-state index in [4.69, 9.17) is 21.1 Å². The van der Waals surface area contributed by atoms with Crippen molar-refractivity contribution in [2.24, 2.45) is 0 Å². The Morgan fingerprint density at radius 2 is 1.97 bits per heavy atom. The molecule has 0 aliphatic heterocycles. The van der Waals surface area contributed by atoms with Gasteiger partial charge >= 0.3 is 0 Å². The molecule has 0 spiro atoms. The van der Waals surface area contributed by atoms with Gasteiger partial charge in [-0.25, -0.2) is 18.4 Å². The molecule has 1 N–H and O–H groups in total. The van der Waals surface area contributed by atoms with Crippen LogP contribution in [0.2, 0.25) is 5.02 Å². The number of nitrogens with one attached hydrogen (secondary N) is 1. The summed E-state index contributed by atoms with van der Waals surface area (Å²) in [4.78, 5) is 8.11. The van der Waals surface area contributed by atoms with Crippen molar-refractivity contribution in [1.82, 2.24) is 9.97 Å². The molecule has 1 aromatic heterocycles. The molecule has 0 amide bonds. The standard InChI is InChI=1S/C26H27ClN4O4S.C2H6/c1-3-11-34-25-19(15-28)12-18(14-24(25)27)22-6-4-5-17-13-21(7-8-23(17)22)35-16-20-9-10-29-26(30-20)31-36(2,32)33;1-2/h7-10,12-14,22H,3-6,11,16H2,1-2H3,(H,29,30,31);1-2H3. The van der Waals surface area contributed by atoms with Gasteiger partial charge in [-0.3, -0.25) is 4.72 Å². The van der Waals surface area contributed by atoms with Crippen LogP contribution in [0, 0.1) is 11.3 Å². The second-order valence-corrected chi connectivity index (χ2v) is 10.8. The van der Waals surface area contributed by atoms with Gasteiger partial charge in [0.25, 0.3) is 0 Å². The first-order valence-electron chi connectivity index (χ1n) is 12.7. The van der Waals surface area contributed by atoms with Crippen molar-refractivity contribution in [3.8, 4) is 17.6 Å². The van der Waals surface area contributed by atoms with Crippen molar-refractivity contribution in [2.75, 3.05) is 17.6 Å². The highest BCUT2D eigenvalue weighted by Gasteiger charge is 2.24. The van der Waals surface area contributed by atoms with Crippen LogP contribution in [0.1, 0.15) is 73.9 Å². The smallest absolute Gasteiger partial charge is 0.236 e. The Balaban J connectivity index is 0.00000195. The molecule has 3 aromatic rings. The zero-order chi connectivity index (χ0) is 27.7. The normalized spacial score (nSPS) is 14.4. The molecule has 0 saturated heterocycles. The van der Waals surface area contributed by atoms with Gasteiger partial charge in [-0.15, -0.1) is 0 Å². The lowest BCUT2D eigenvalue weighted by Gasteiger charge is -2.27. The molecule has 0 radical (unpaired) electrons. The summed E-state index contributed by atoms with van der Waals surface area (Å²) in [5.74, 6) is 1.28. The largest absolute Gasteiger partial charge is 0.491 e. The molecule has 1 aliphatic carbocycles. The predicted octanol–water partition coefficient (Wildman–Crippen LogP) is 6.24. The van der Waals surface area contributed by atoms with Gasteiger partial charge in [-0.2, -0.15) is 5.26 Å². The molecule has 4 rings (SSSR count). The Hall–Kier alpha value is -3.35. The fourth-order valence-electron chi connectivity index (χ4n) is 4.32. The molecule has 0 fully saturated rings. The number of nitrogens with zero attached hydrogens (tertiary/aromatic N) is 3. The number of aromatic nitrogens is 2. The molecule has 1 unspecified atom stereocenters. The molecule has 1 atom stereocenters. The summed E-state index contributed by atoms with van der Waals surface area (Å²) < 4.78 is 36.8. The second-order valence-electron chi connectivity index (χ2n) is 8.68. The topological polar surface area (TPSA) is 114 Å². The number of ether oxygens (including phenoxy) is 2. The first-order chi connectivity index (χ1) is 18.3. The maximum absolute atomic E-state index is 11.4. The Morgan fingerprint density at radius 1 is 1.18 bits per heavy atom. The lowest BCUT2D eigenvalue weighted by Crippen LogP contribution is -2.13. The van der Waals surface area contributed by atoms with Crippen molar-refractivity contribution in [2.45, 2.75) is 59.0 Å². The molecule has 0 saturated carbocycles. The summed E-state index contributed by atoms with van der Waals surface area (Å²) in [6.07, 6.45) is 6.25. The Morgan fingerprint density at radius 3 is 2.68 bits per heavy atom. The van der Waals surface area contributed by atoms with Gasteiger partial charge in [-0.05, 0) is 72.7 Å². The van der Waals surface area contributed by atoms with Crippen LogP contribution < -0.4 is 14.2 Å². The third-order valence-electron chi connectivity index (χ3n) is 5.84. The number of anilines is 1. The van der Waals surface area contributed by atoms with Crippen LogP contribution in [-0.2, 0) is 23.1 Å². The summed E-state index contributed by atoms with van der Waals surface area (Å²) in [7, 11) is -3.46. The Bertz CT molecular complexity index is 1410. The molecule has 1 heterocycles. The highest BCUT2D eigenvalue weighted by molar-refractivity contribution is 7.91. The molecule has 202 valence electrons. The number of halogens is 1. The summed E-state index contributed by atoms with van der Waals surface area (Å²) in [5.41, 5.74) is 4.38. The maximum Gasteiger partial charge on any atom is 0.236 e. The fraction of sp³-hybridized carbons (Fsp3) is 0.393.